The maximum atomic E-state index is 13.5. The number of amides is 1. The highest BCUT2D eigenvalue weighted by Crippen LogP contribution is 2.19. The zero-order valence-electron chi connectivity index (χ0n) is 11.8. The van der Waals surface area contributed by atoms with Crippen molar-refractivity contribution in [3.05, 3.63) is 63.9 Å². The molecule has 0 bridgehead atoms. The summed E-state index contributed by atoms with van der Waals surface area (Å²) < 4.78 is 18.4. The second-order valence-electron chi connectivity index (χ2n) is 4.60. The number of rotatable bonds is 5. The van der Waals surface area contributed by atoms with Gasteiger partial charge in [-0.1, -0.05) is 41.4 Å². The molecule has 120 valence electrons. The van der Waals surface area contributed by atoms with Crippen LogP contribution in [0.4, 0.5) is 10.1 Å². The maximum absolute atomic E-state index is 13.5. The van der Waals surface area contributed by atoms with E-state index < -0.39 is 24.3 Å². The van der Waals surface area contributed by atoms with E-state index in [4.69, 9.17) is 27.9 Å². The molecule has 7 heteroatoms. The van der Waals surface area contributed by atoms with Gasteiger partial charge in [0.05, 0.1) is 12.1 Å². The van der Waals surface area contributed by atoms with Gasteiger partial charge in [-0.25, -0.2) is 4.39 Å². The molecule has 0 aliphatic rings. The van der Waals surface area contributed by atoms with Crippen LogP contribution in [0, 0.1) is 5.82 Å². The molecule has 1 amide bonds. The first-order chi connectivity index (χ1) is 11.0. The minimum atomic E-state index is -0.673. The van der Waals surface area contributed by atoms with Gasteiger partial charge in [-0.15, -0.1) is 0 Å². The van der Waals surface area contributed by atoms with Crippen molar-refractivity contribution in [2.75, 3.05) is 11.9 Å². The number of hydrogen-bond donors (Lipinski definition) is 1. The smallest absolute Gasteiger partial charge is 0.310 e. The Morgan fingerprint density at radius 1 is 1.13 bits per heavy atom. The average Bonchev–Trinajstić information content (AvgIpc) is 2.50. The number of hydrogen-bond acceptors (Lipinski definition) is 3. The number of anilines is 1. The zero-order chi connectivity index (χ0) is 16.8. The minimum absolute atomic E-state index is 0.0402. The summed E-state index contributed by atoms with van der Waals surface area (Å²) in [7, 11) is 0. The lowest BCUT2D eigenvalue weighted by molar-refractivity contribution is -0.146. The van der Waals surface area contributed by atoms with Crippen LogP contribution in [-0.4, -0.2) is 18.5 Å². The zero-order valence-corrected chi connectivity index (χ0v) is 13.3. The molecule has 0 unspecified atom stereocenters. The van der Waals surface area contributed by atoms with Gasteiger partial charge in [-0.05, 0) is 29.8 Å². The molecule has 0 spiro atoms. The predicted octanol–water partition coefficient (Wildman–Crippen LogP) is 3.86. The summed E-state index contributed by atoms with van der Waals surface area (Å²) >= 11 is 11.5. The number of ether oxygens (including phenoxy) is 1. The number of nitrogens with one attached hydrogen (secondary N) is 1. The van der Waals surface area contributed by atoms with E-state index in [0.29, 0.717) is 10.6 Å². The number of carbonyl (C=O) groups is 2. The number of halogens is 3. The quantitative estimate of drug-likeness (QED) is 0.828. The van der Waals surface area contributed by atoms with Crippen LogP contribution in [0.5, 0.6) is 0 Å². The van der Waals surface area contributed by atoms with Gasteiger partial charge in [0.15, 0.2) is 6.61 Å². The summed E-state index contributed by atoms with van der Waals surface area (Å²) in [4.78, 5) is 23.3. The molecule has 0 saturated heterocycles. The molecule has 0 saturated carbocycles. The van der Waals surface area contributed by atoms with E-state index in [1.165, 1.54) is 12.1 Å². The van der Waals surface area contributed by atoms with Crippen LogP contribution in [0.25, 0.3) is 0 Å². The van der Waals surface area contributed by atoms with Gasteiger partial charge in [-0.3, -0.25) is 9.59 Å². The predicted molar refractivity (Wildman–Crippen MR) is 86.2 cm³/mol. The number of esters is 1. The third-order valence-electron chi connectivity index (χ3n) is 2.86. The van der Waals surface area contributed by atoms with Crippen LogP contribution in [0.2, 0.25) is 10.0 Å². The van der Waals surface area contributed by atoms with Gasteiger partial charge in [-0.2, -0.15) is 0 Å². The molecule has 2 aromatic rings. The molecule has 2 rings (SSSR count). The van der Waals surface area contributed by atoms with Crippen LogP contribution in [-0.2, 0) is 20.7 Å². The lowest BCUT2D eigenvalue weighted by Crippen LogP contribution is -2.22. The van der Waals surface area contributed by atoms with E-state index in [0.717, 1.165) is 6.07 Å². The fraction of sp³-hybridized carbons (Fsp3) is 0.125. The normalized spacial score (nSPS) is 10.2. The molecule has 0 aliphatic heterocycles. The largest absolute Gasteiger partial charge is 0.455 e. The molecule has 0 atom stereocenters. The van der Waals surface area contributed by atoms with E-state index in [9.17, 15) is 14.0 Å². The Bertz CT molecular complexity index is 737. The molecule has 0 aliphatic carbocycles. The van der Waals surface area contributed by atoms with Crippen LogP contribution >= 0.6 is 23.2 Å². The van der Waals surface area contributed by atoms with Crippen molar-refractivity contribution in [1.82, 2.24) is 0 Å². The van der Waals surface area contributed by atoms with Gasteiger partial charge in [0, 0.05) is 10.0 Å². The molecular weight excluding hydrogens is 344 g/mol. The highest BCUT2D eigenvalue weighted by atomic mass is 35.5. The molecule has 23 heavy (non-hydrogen) atoms. The molecule has 2 aromatic carbocycles. The Morgan fingerprint density at radius 3 is 2.57 bits per heavy atom. The van der Waals surface area contributed by atoms with Crippen LogP contribution < -0.4 is 5.32 Å². The summed E-state index contributed by atoms with van der Waals surface area (Å²) in [6.45, 7) is -0.522. The first kappa shape index (κ1) is 17.2. The highest BCUT2D eigenvalue weighted by molar-refractivity contribution is 6.31. The topological polar surface area (TPSA) is 55.4 Å². The average molecular weight is 356 g/mol. The monoisotopic (exact) mass is 355 g/mol. The number of benzene rings is 2. The van der Waals surface area contributed by atoms with Crippen LogP contribution in [0.15, 0.2) is 42.5 Å². The van der Waals surface area contributed by atoms with Gasteiger partial charge in [0.25, 0.3) is 5.91 Å². The van der Waals surface area contributed by atoms with E-state index in [1.54, 1.807) is 24.3 Å². The third-order valence-corrected chi connectivity index (χ3v) is 3.47. The Kier molecular flexibility index (Phi) is 5.96. The highest BCUT2D eigenvalue weighted by Gasteiger charge is 2.12. The lowest BCUT2D eigenvalue weighted by Gasteiger charge is -2.08. The van der Waals surface area contributed by atoms with E-state index in [-0.39, 0.29) is 17.1 Å². The van der Waals surface area contributed by atoms with Crippen LogP contribution in [0.1, 0.15) is 5.56 Å². The molecule has 0 heterocycles. The summed E-state index contributed by atoms with van der Waals surface area (Å²) in [5, 5.41) is 2.95. The Hall–Kier alpha value is -2.11. The number of carbonyl (C=O) groups excluding carboxylic acids is 2. The van der Waals surface area contributed by atoms with Crippen molar-refractivity contribution in [1.29, 1.82) is 0 Å². The minimum Gasteiger partial charge on any atom is -0.455 e. The fourth-order valence-corrected chi connectivity index (χ4v) is 2.13. The Labute approximate surface area is 142 Å². The van der Waals surface area contributed by atoms with E-state index in [1.807, 2.05) is 0 Å². The van der Waals surface area contributed by atoms with Crippen molar-refractivity contribution in [2.24, 2.45) is 0 Å². The molecule has 1 N–H and O–H groups in total. The lowest BCUT2D eigenvalue weighted by atomic mass is 10.1. The first-order valence-electron chi connectivity index (χ1n) is 6.59. The Balaban J connectivity index is 1.84. The van der Waals surface area contributed by atoms with Crippen molar-refractivity contribution in [3.8, 4) is 0 Å². The molecule has 0 radical (unpaired) electrons. The van der Waals surface area contributed by atoms with Gasteiger partial charge in [0.2, 0.25) is 0 Å². The van der Waals surface area contributed by atoms with Crippen molar-refractivity contribution in [2.45, 2.75) is 6.42 Å². The molecular formula is C16H12Cl2FNO3. The van der Waals surface area contributed by atoms with E-state index in [2.05, 4.69) is 5.32 Å². The standard InChI is InChI=1S/C16H12Cl2FNO3/c17-11-5-6-14(13(19)8-11)20-15(21)9-23-16(22)7-10-3-1-2-4-12(10)18/h1-6,8H,7,9H2,(H,20,21). The SMILES string of the molecule is O=C(COC(=O)Cc1ccccc1Cl)Nc1ccc(Cl)cc1F. The first-order valence-corrected chi connectivity index (χ1v) is 7.35. The summed E-state index contributed by atoms with van der Waals surface area (Å²) in [5.41, 5.74) is 0.560. The van der Waals surface area contributed by atoms with Gasteiger partial charge >= 0.3 is 5.97 Å². The van der Waals surface area contributed by atoms with Crippen molar-refractivity contribution in [3.63, 3.8) is 0 Å². The van der Waals surface area contributed by atoms with E-state index >= 15 is 0 Å². The molecule has 4 nitrogen and oxygen atoms in total. The van der Waals surface area contributed by atoms with Crippen LogP contribution in [0.3, 0.4) is 0 Å². The second kappa shape index (κ2) is 7.94. The third kappa shape index (κ3) is 5.23. The summed E-state index contributed by atoms with van der Waals surface area (Å²) in [5.74, 6) is -1.93. The molecule has 0 fully saturated rings. The Morgan fingerprint density at radius 2 is 1.87 bits per heavy atom. The summed E-state index contributed by atoms with van der Waals surface area (Å²) in [6.07, 6.45) is -0.0533. The maximum Gasteiger partial charge on any atom is 0.310 e. The summed E-state index contributed by atoms with van der Waals surface area (Å²) in [6, 6.07) is 10.6. The van der Waals surface area contributed by atoms with Crippen molar-refractivity contribution >= 4 is 40.8 Å². The van der Waals surface area contributed by atoms with Gasteiger partial charge in [0.1, 0.15) is 5.82 Å². The fourth-order valence-electron chi connectivity index (χ4n) is 1.77. The molecule has 0 aromatic heterocycles. The van der Waals surface area contributed by atoms with Gasteiger partial charge < -0.3 is 10.1 Å². The second-order valence-corrected chi connectivity index (χ2v) is 5.44. The van der Waals surface area contributed by atoms with Crippen molar-refractivity contribution < 1.29 is 18.7 Å².